The van der Waals surface area contributed by atoms with Crippen LogP contribution in [0.1, 0.15) is 33.1 Å². The Kier molecular flexibility index (Phi) is 2.09. The molecule has 0 radical (unpaired) electrons. The van der Waals surface area contributed by atoms with Gasteiger partial charge in [0.15, 0.2) is 0 Å². The van der Waals surface area contributed by atoms with Gasteiger partial charge in [0.1, 0.15) is 6.10 Å². The molecule has 1 aliphatic rings. The van der Waals surface area contributed by atoms with Gasteiger partial charge in [0.05, 0.1) is 5.71 Å². The summed E-state index contributed by atoms with van der Waals surface area (Å²) in [4.78, 5) is 5.13. The van der Waals surface area contributed by atoms with Crippen LogP contribution in [-0.2, 0) is 4.84 Å². The van der Waals surface area contributed by atoms with Crippen LogP contribution >= 0.6 is 0 Å². The molecule has 0 spiro atoms. The van der Waals surface area contributed by atoms with E-state index in [2.05, 4.69) is 5.16 Å². The van der Waals surface area contributed by atoms with Crippen molar-refractivity contribution in [2.24, 2.45) is 5.16 Å². The van der Waals surface area contributed by atoms with Gasteiger partial charge in [0.25, 0.3) is 0 Å². The Labute approximate surface area is 55.9 Å². The Hall–Kier alpha value is -0.530. The molecule has 2 nitrogen and oxygen atoms in total. The van der Waals surface area contributed by atoms with Crippen molar-refractivity contribution in [3.05, 3.63) is 0 Å². The number of oxime groups is 1. The molecule has 52 valence electrons. The van der Waals surface area contributed by atoms with E-state index in [0.717, 1.165) is 5.71 Å². The van der Waals surface area contributed by atoms with Gasteiger partial charge < -0.3 is 4.84 Å². The Balaban J connectivity index is 2.10. The summed E-state index contributed by atoms with van der Waals surface area (Å²) in [5.74, 6) is 0. The van der Waals surface area contributed by atoms with Crippen molar-refractivity contribution in [3.8, 4) is 0 Å². The highest BCUT2D eigenvalue weighted by Gasteiger charge is 2.18. The molecule has 0 heterocycles. The van der Waals surface area contributed by atoms with Gasteiger partial charge in [-0.25, -0.2) is 0 Å². The minimum absolute atomic E-state index is 0.430. The maximum absolute atomic E-state index is 5.13. The molecule has 0 amide bonds. The van der Waals surface area contributed by atoms with E-state index < -0.39 is 0 Å². The zero-order valence-corrected chi connectivity index (χ0v) is 6.05. The maximum Gasteiger partial charge on any atom is 0.127 e. The standard InChI is InChI=1S/C7H13NO/c1-6(2)8-9-7-4-3-5-7/h7H,3-5H2,1-2H3. The van der Waals surface area contributed by atoms with Crippen molar-refractivity contribution < 1.29 is 4.84 Å². The SMILES string of the molecule is CC(C)=NOC1CCC1. The minimum Gasteiger partial charge on any atom is -0.393 e. The lowest BCUT2D eigenvalue weighted by molar-refractivity contribution is 0.00585. The Morgan fingerprint density at radius 2 is 2.11 bits per heavy atom. The molecule has 2 heteroatoms. The van der Waals surface area contributed by atoms with E-state index in [-0.39, 0.29) is 0 Å². The quantitative estimate of drug-likeness (QED) is 0.410. The summed E-state index contributed by atoms with van der Waals surface area (Å²) in [5, 5.41) is 3.86. The monoisotopic (exact) mass is 127 g/mol. The average molecular weight is 127 g/mol. The first kappa shape index (κ1) is 6.59. The molecular weight excluding hydrogens is 114 g/mol. The van der Waals surface area contributed by atoms with Crippen molar-refractivity contribution in [2.45, 2.75) is 39.2 Å². The highest BCUT2D eigenvalue weighted by Crippen LogP contribution is 2.21. The highest BCUT2D eigenvalue weighted by atomic mass is 16.6. The van der Waals surface area contributed by atoms with Crippen molar-refractivity contribution >= 4 is 5.71 Å². The van der Waals surface area contributed by atoms with E-state index in [9.17, 15) is 0 Å². The van der Waals surface area contributed by atoms with E-state index in [1.807, 2.05) is 13.8 Å². The number of nitrogens with zero attached hydrogens (tertiary/aromatic N) is 1. The maximum atomic E-state index is 5.13. The Morgan fingerprint density at radius 1 is 1.44 bits per heavy atom. The largest absolute Gasteiger partial charge is 0.393 e. The van der Waals surface area contributed by atoms with Crippen LogP contribution in [-0.4, -0.2) is 11.8 Å². The molecular formula is C7H13NO. The van der Waals surface area contributed by atoms with E-state index in [0.29, 0.717) is 6.10 Å². The van der Waals surface area contributed by atoms with Gasteiger partial charge in [0, 0.05) is 0 Å². The predicted octanol–water partition coefficient (Wildman–Crippen LogP) is 1.95. The molecule has 0 bridgehead atoms. The Bertz CT molecular complexity index is 112. The Morgan fingerprint density at radius 3 is 2.44 bits per heavy atom. The number of hydrogen-bond donors (Lipinski definition) is 0. The molecule has 0 atom stereocenters. The average Bonchev–Trinajstić information content (AvgIpc) is 1.60. The molecule has 0 aromatic carbocycles. The molecule has 9 heavy (non-hydrogen) atoms. The van der Waals surface area contributed by atoms with Gasteiger partial charge in [-0.05, 0) is 33.1 Å². The zero-order chi connectivity index (χ0) is 6.69. The van der Waals surface area contributed by atoms with Gasteiger partial charge in [0.2, 0.25) is 0 Å². The van der Waals surface area contributed by atoms with Crippen molar-refractivity contribution in [2.75, 3.05) is 0 Å². The molecule has 0 aliphatic heterocycles. The fourth-order valence-corrected chi connectivity index (χ4v) is 0.656. The summed E-state index contributed by atoms with van der Waals surface area (Å²) >= 11 is 0. The van der Waals surface area contributed by atoms with Crippen LogP contribution in [0, 0.1) is 0 Å². The lowest BCUT2D eigenvalue weighted by Crippen LogP contribution is -2.19. The second-order valence-electron chi connectivity index (χ2n) is 2.70. The highest BCUT2D eigenvalue weighted by molar-refractivity contribution is 5.78. The third kappa shape index (κ3) is 2.04. The molecule has 0 N–H and O–H groups in total. The lowest BCUT2D eigenvalue weighted by Gasteiger charge is -2.22. The van der Waals surface area contributed by atoms with E-state index in [4.69, 9.17) is 4.84 Å². The van der Waals surface area contributed by atoms with Crippen molar-refractivity contribution in [1.29, 1.82) is 0 Å². The van der Waals surface area contributed by atoms with Gasteiger partial charge in [-0.15, -0.1) is 0 Å². The van der Waals surface area contributed by atoms with Crippen molar-refractivity contribution in [3.63, 3.8) is 0 Å². The molecule has 1 fully saturated rings. The molecule has 0 aromatic rings. The topological polar surface area (TPSA) is 21.6 Å². The van der Waals surface area contributed by atoms with E-state index >= 15 is 0 Å². The third-order valence-electron chi connectivity index (χ3n) is 1.44. The van der Waals surface area contributed by atoms with Crippen LogP contribution in [0.4, 0.5) is 0 Å². The van der Waals surface area contributed by atoms with Crippen LogP contribution in [0.25, 0.3) is 0 Å². The molecule has 1 rings (SSSR count). The van der Waals surface area contributed by atoms with Crippen molar-refractivity contribution in [1.82, 2.24) is 0 Å². The summed E-state index contributed by atoms with van der Waals surface area (Å²) in [6.45, 7) is 3.89. The summed E-state index contributed by atoms with van der Waals surface area (Å²) in [6, 6.07) is 0. The van der Waals surface area contributed by atoms with Crippen LogP contribution < -0.4 is 0 Å². The zero-order valence-electron chi connectivity index (χ0n) is 6.05. The first-order chi connectivity index (χ1) is 4.29. The summed E-state index contributed by atoms with van der Waals surface area (Å²) in [7, 11) is 0. The van der Waals surface area contributed by atoms with Gasteiger partial charge >= 0.3 is 0 Å². The van der Waals surface area contributed by atoms with Gasteiger partial charge in [-0.3, -0.25) is 0 Å². The van der Waals surface area contributed by atoms with Gasteiger partial charge in [-0.2, -0.15) is 0 Å². The van der Waals surface area contributed by atoms with E-state index in [1.54, 1.807) is 0 Å². The second kappa shape index (κ2) is 2.85. The molecule has 0 saturated heterocycles. The molecule has 0 aromatic heterocycles. The van der Waals surface area contributed by atoms with Crippen LogP contribution in [0.5, 0.6) is 0 Å². The third-order valence-corrected chi connectivity index (χ3v) is 1.44. The first-order valence-corrected chi connectivity index (χ1v) is 3.46. The van der Waals surface area contributed by atoms with Crippen LogP contribution in [0.3, 0.4) is 0 Å². The van der Waals surface area contributed by atoms with Crippen LogP contribution in [0.15, 0.2) is 5.16 Å². The molecule has 0 unspecified atom stereocenters. The van der Waals surface area contributed by atoms with Crippen LogP contribution in [0.2, 0.25) is 0 Å². The minimum atomic E-state index is 0.430. The predicted molar refractivity (Wildman–Crippen MR) is 37.5 cm³/mol. The second-order valence-corrected chi connectivity index (χ2v) is 2.70. The van der Waals surface area contributed by atoms with Gasteiger partial charge in [-0.1, -0.05) is 5.16 Å². The van der Waals surface area contributed by atoms with E-state index in [1.165, 1.54) is 19.3 Å². The molecule has 1 aliphatic carbocycles. The smallest absolute Gasteiger partial charge is 0.127 e. The summed E-state index contributed by atoms with van der Waals surface area (Å²) < 4.78 is 0. The number of rotatable bonds is 2. The fourth-order valence-electron chi connectivity index (χ4n) is 0.656. The fraction of sp³-hybridized carbons (Fsp3) is 0.857. The lowest BCUT2D eigenvalue weighted by atomic mass is 9.97. The first-order valence-electron chi connectivity index (χ1n) is 3.46. The molecule has 1 saturated carbocycles. The normalized spacial score (nSPS) is 18.4. The number of hydrogen-bond acceptors (Lipinski definition) is 2. The summed E-state index contributed by atoms with van der Waals surface area (Å²) in [6.07, 6.45) is 4.12. The summed E-state index contributed by atoms with van der Waals surface area (Å²) in [5.41, 5.74) is 1.00.